The number of fused-ring (bicyclic) bond motifs is 2. The van der Waals surface area contributed by atoms with E-state index in [2.05, 4.69) is 17.1 Å². The zero-order chi connectivity index (χ0) is 21.3. The van der Waals surface area contributed by atoms with Crippen LogP contribution in [0, 0.1) is 0 Å². The van der Waals surface area contributed by atoms with Crippen LogP contribution in [0.15, 0.2) is 28.7 Å². The first-order chi connectivity index (χ1) is 14.5. The topological polar surface area (TPSA) is 97.8 Å². The number of nitrogens with zero attached hydrogens (tertiary/aromatic N) is 1. The smallest absolute Gasteiger partial charge is 0.292 e. The number of hydrogen-bond acceptors (Lipinski definition) is 6. The molecule has 0 saturated heterocycles. The van der Waals surface area contributed by atoms with Crippen LogP contribution in [-0.4, -0.2) is 36.4 Å². The fourth-order valence-corrected chi connectivity index (χ4v) is 5.18. The zero-order valence-electron chi connectivity index (χ0n) is 17.5. The molecule has 2 aromatic heterocycles. The third-order valence-electron chi connectivity index (χ3n) is 5.18. The Hall–Kier alpha value is -2.55. The summed E-state index contributed by atoms with van der Waals surface area (Å²) in [5, 5.41) is 4.12. The molecule has 0 aliphatic carbocycles. The van der Waals surface area contributed by atoms with Crippen LogP contribution < -0.4 is 15.8 Å². The van der Waals surface area contributed by atoms with Gasteiger partial charge in [0.2, 0.25) is 0 Å². The highest BCUT2D eigenvalue weighted by molar-refractivity contribution is 7.17. The van der Waals surface area contributed by atoms with E-state index in [1.807, 2.05) is 19.1 Å². The van der Waals surface area contributed by atoms with Crippen LogP contribution in [0.3, 0.4) is 0 Å². The fraction of sp³-hybridized carbons (Fsp3) is 0.364. The van der Waals surface area contributed by atoms with Crippen LogP contribution in [0.5, 0.6) is 5.75 Å². The molecule has 3 heterocycles. The molecule has 7 nitrogen and oxygen atoms in total. The standard InChI is InChI=1S/C22H25N3O4S.ClH/c1-3-9-25-10-8-14-17(12-25)30-22(18(14)20(23)26)24-21(27)16-11-13-6-5-7-15(28-4-2)19(13)29-16;/h5-7,11H,3-4,8-10,12H2,1-2H3,(H2,23,26)(H,24,27);1H. The molecule has 9 heteroatoms. The summed E-state index contributed by atoms with van der Waals surface area (Å²) in [6, 6.07) is 7.19. The Bertz CT molecular complexity index is 1110. The van der Waals surface area contributed by atoms with Crippen LogP contribution in [0.25, 0.3) is 11.0 Å². The summed E-state index contributed by atoms with van der Waals surface area (Å²) >= 11 is 1.42. The number of furan rings is 1. The number of primary amides is 1. The number of halogens is 1. The molecule has 3 aromatic rings. The molecule has 0 saturated carbocycles. The van der Waals surface area contributed by atoms with Gasteiger partial charge in [0.1, 0.15) is 5.00 Å². The van der Waals surface area contributed by atoms with E-state index in [4.69, 9.17) is 14.9 Å². The van der Waals surface area contributed by atoms with Crippen molar-refractivity contribution in [2.75, 3.05) is 25.0 Å². The number of anilines is 1. The van der Waals surface area contributed by atoms with Gasteiger partial charge in [0.15, 0.2) is 17.1 Å². The van der Waals surface area contributed by atoms with Gasteiger partial charge in [-0.25, -0.2) is 0 Å². The van der Waals surface area contributed by atoms with Gasteiger partial charge in [-0.2, -0.15) is 0 Å². The number of carbonyl (C=O) groups is 2. The van der Waals surface area contributed by atoms with Crippen LogP contribution in [0.2, 0.25) is 0 Å². The Morgan fingerprint density at radius 2 is 2.13 bits per heavy atom. The van der Waals surface area contributed by atoms with Crippen molar-refractivity contribution in [1.29, 1.82) is 0 Å². The molecule has 0 bridgehead atoms. The molecule has 166 valence electrons. The van der Waals surface area contributed by atoms with E-state index >= 15 is 0 Å². The number of ether oxygens (including phenoxy) is 1. The minimum Gasteiger partial charge on any atom is -0.490 e. The molecule has 2 amide bonds. The van der Waals surface area contributed by atoms with Crippen LogP contribution >= 0.6 is 23.7 Å². The lowest BCUT2D eigenvalue weighted by molar-refractivity contribution is 0.0998. The highest BCUT2D eigenvalue weighted by Crippen LogP contribution is 2.37. The number of nitrogens with two attached hydrogens (primary N) is 1. The van der Waals surface area contributed by atoms with Gasteiger partial charge in [0, 0.05) is 23.4 Å². The second kappa shape index (κ2) is 9.72. The van der Waals surface area contributed by atoms with E-state index in [9.17, 15) is 9.59 Å². The molecule has 1 aliphatic heterocycles. The lowest BCUT2D eigenvalue weighted by atomic mass is 10.0. The zero-order valence-corrected chi connectivity index (χ0v) is 19.2. The van der Waals surface area contributed by atoms with Gasteiger partial charge < -0.3 is 20.2 Å². The average Bonchev–Trinajstić information content (AvgIpc) is 3.30. The van der Waals surface area contributed by atoms with Crippen LogP contribution in [0.1, 0.15) is 51.6 Å². The molecule has 1 aromatic carbocycles. The minimum atomic E-state index is -0.519. The Kier molecular flexibility index (Phi) is 7.25. The first-order valence-corrected chi connectivity index (χ1v) is 11.0. The first-order valence-electron chi connectivity index (χ1n) is 10.1. The van der Waals surface area contributed by atoms with E-state index in [0.29, 0.717) is 28.5 Å². The van der Waals surface area contributed by atoms with E-state index in [1.54, 1.807) is 12.1 Å². The van der Waals surface area contributed by atoms with E-state index in [-0.39, 0.29) is 18.2 Å². The minimum absolute atomic E-state index is 0. The number of para-hydroxylation sites is 1. The highest BCUT2D eigenvalue weighted by atomic mass is 35.5. The van der Waals surface area contributed by atoms with Crippen molar-refractivity contribution in [1.82, 2.24) is 4.90 Å². The van der Waals surface area contributed by atoms with E-state index in [0.717, 1.165) is 48.3 Å². The largest absolute Gasteiger partial charge is 0.490 e. The summed E-state index contributed by atoms with van der Waals surface area (Å²) in [5.74, 6) is -0.184. The van der Waals surface area contributed by atoms with Gasteiger partial charge in [-0.05, 0) is 44.0 Å². The first kappa shape index (κ1) is 23.1. The molecule has 1 aliphatic rings. The van der Waals surface area contributed by atoms with E-state index < -0.39 is 11.8 Å². The molecule has 4 rings (SSSR count). The van der Waals surface area contributed by atoms with Crippen molar-refractivity contribution in [3.8, 4) is 5.75 Å². The summed E-state index contributed by atoms with van der Waals surface area (Å²) in [4.78, 5) is 28.5. The fourth-order valence-electron chi connectivity index (χ4n) is 3.89. The number of nitrogens with one attached hydrogen (secondary N) is 1. The molecule has 31 heavy (non-hydrogen) atoms. The number of rotatable bonds is 7. The summed E-state index contributed by atoms with van der Waals surface area (Å²) in [6.07, 6.45) is 1.82. The predicted octanol–water partition coefficient (Wildman–Crippen LogP) is 4.43. The maximum absolute atomic E-state index is 12.9. The molecule has 0 atom stereocenters. The summed E-state index contributed by atoms with van der Waals surface area (Å²) in [7, 11) is 0. The summed E-state index contributed by atoms with van der Waals surface area (Å²) < 4.78 is 11.4. The maximum Gasteiger partial charge on any atom is 0.292 e. The monoisotopic (exact) mass is 463 g/mol. The SMILES string of the molecule is CCCN1CCc2c(sc(NC(=O)c3cc4cccc(OCC)c4o3)c2C(N)=O)C1.Cl. The Morgan fingerprint density at radius 1 is 1.32 bits per heavy atom. The second-order valence-corrected chi connectivity index (χ2v) is 8.38. The Morgan fingerprint density at radius 3 is 2.84 bits per heavy atom. The van der Waals surface area contributed by atoms with Crippen molar-refractivity contribution in [2.45, 2.75) is 33.2 Å². The summed E-state index contributed by atoms with van der Waals surface area (Å²) in [5.41, 5.74) is 7.57. The molecular weight excluding hydrogens is 438 g/mol. The van der Waals surface area contributed by atoms with Gasteiger partial charge in [0.05, 0.1) is 12.2 Å². The van der Waals surface area contributed by atoms with Gasteiger partial charge in [-0.3, -0.25) is 14.5 Å². The van der Waals surface area contributed by atoms with Crippen LogP contribution in [-0.2, 0) is 13.0 Å². The number of benzene rings is 1. The number of carbonyl (C=O) groups excluding carboxylic acids is 2. The van der Waals surface area contributed by atoms with Crippen molar-refractivity contribution in [3.05, 3.63) is 46.0 Å². The van der Waals surface area contributed by atoms with Crippen molar-refractivity contribution < 1.29 is 18.7 Å². The lowest BCUT2D eigenvalue weighted by Crippen LogP contribution is -2.31. The molecule has 0 radical (unpaired) electrons. The van der Waals surface area contributed by atoms with Crippen LogP contribution in [0.4, 0.5) is 5.00 Å². The normalized spacial score (nSPS) is 13.5. The van der Waals surface area contributed by atoms with E-state index in [1.165, 1.54) is 11.3 Å². The van der Waals surface area contributed by atoms with Gasteiger partial charge in [-0.1, -0.05) is 19.1 Å². The van der Waals surface area contributed by atoms with Crippen molar-refractivity contribution in [2.24, 2.45) is 5.73 Å². The molecule has 3 N–H and O–H groups in total. The third kappa shape index (κ3) is 4.56. The van der Waals surface area contributed by atoms with Gasteiger partial charge in [-0.15, -0.1) is 23.7 Å². The molecule has 0 fully saturated rings. The predicted molar refractivity (Wildman–Crippen MR) is 125 cm³/mol. The highest BCUT2D eigenvalue weighted by Gasteiger charge is 2.28. The second-order valence-electron chi connectivity index (χ2n) is 7.27. The van der Waals surface area contributed by atoms with Crippen molar-refractivity contribution >= 4 is 51.5 Å². The lowest BCUT2D eigenvalue weighted by Gasteiger charge is -2.26. The Labute approximate surface area is 190 Å². The third-order valence-corrected chi connectivity index (χ3v) is 6.31. The quantitative estimate of drug-likeness (QED) is 0.540. The van der Waals surface area contributed by atoms with Gasteiger partial charge >= 0.3 is 0 Å². The number of hydrogen-bond donors (Lipinski definition) is 2. The maximum atomic E-state index is 12.9. The molecule has 0 spiro atoms. The molecular formula is C22H26ClN3O4S. The number of amides is 2. The summed E-state index contributed by atoms with van der Waals surface area (Å²) in [6.45, 7) is 7.20. The molecule has 0 unspecified atom stereocenters. The van der Waals surface area contributed by atoms with Gasteiger partial charge in [0.25, 0.3) is 11.8 Å². The van der Waals surface area contributed by atoms with Crippen molar-refractivity contribution in [3.63, 3.8) is 0 Å². The Balaban J connectivity index is 0.00000272. The number of thiophene rings is 1. The average molecular weight is 464 g/mol.